The third-order valence-corrected chi connectivity index (χ3v) is 3.40. The van der Waals surface area contributed by atoms with Gasteiger partial charge in [-0.1, -0.05) is 0 Å². The van der Waals surface area contributed by atoms with E-state index in [9.17, 15) is 0 Å². The van der Waals surface area contributed by atoms with Gasteiger partial charge in [0, 0.05) is 18.7 Å². The number of nitrogens with zero attached hydrogens (tertiary/aromatic N) is 2. The predicted octanol–water partition coefficient (Wildman–Crippen LogP) is 1.39. The molecule has 1 atom stereocenters. The van der Waals surface area contributed by atoms with Gasteiger partial charge in [0.25, 0.3) is 0 Å². The standard InChI is InChI=1S/C8H12BrN3/c1-10-5-3-4-6-7(5)8(9)12(2)11-6/h5,10H,3-4H2,1-2H3. The topological polar surface area (TPSA) is 29.9 Å². The van der Waals surface area contributed by atoms with Crippen LogP contribution in [0.5, 0.6) is 0 Å². The molecule has 0 bridgehead atoms. The Morgan fingerprint density at radius 1 is 1.67 bits per heavy atom. The highest BCUT2D eigenvalue weighted by Gasteiger charge is 2.27. The second kappa shape index (κ2) is 2.85. The second-order valence-corrected chi connectivity index (χ2v) is 3.91. The Bertz CT molecular complexity index is 305. The average molecular weight is 230 g/mol. The summed E-state index contributed by atoms with van der Waals surface area (Å²) in [6.45, 7) is 0. The quantitative estimate of drug-likeness (QED) is 0.790. The van der Waals surface area contributed by atoms with Crippen molar-refractivity contribution in [2.75, 3.05) is 7.05 Å². The van der Waals surface area contributed by atoms with Crippen LogP contribution >= 0.6 is 15.9 Å². The molecule has 1 heterocycles. The largest absolute Gasteiger partial charge is 0.313 e. The zero-order valence-corrected chi connectivity index (χ0v) is 8.85. The maximum absolute atomic E-state index is 4.42. The Kier molecular flexibility index (Phi) is 1.96. The number of aryl methyl sites for hydroxylation is 2. The minimum atomic E-state index is 0.489. The maximum atomic E-state index is 4.42. The van der Waals surface area contributed by atoms with Crippen LogP contribution < -0.4 is 5.32 Å². The summed E-state index contributed by atoms with van der Waals surface area (Å²) in [4.78, 5) is 0. The van der Waals surface area contributed by atoms with Gasteiger partial charge in [0.2, 0.25) is 0 Å². The third-order valence-electron chi connectivity index (χ3n) is 2.45. The van der Waals surface area contributed by atoms with Crippen LogP contribution in [0, 0.1) is 0 Å². The van der Waals surface area contributed by atoms with Gasteiger partial charge in [-0.3, -0.25) is 4.68 Å². The molecule has 0 fully saturated rings. The lowest BCUT2D eigenvalue weighted by Gasteiger charge is -2.08. The molecule has 4 heteroatoms. The fourth-order valence-electron chi connectivity index (χ4n) is 1.82. The number of aromatic nitrogens is 2. The van der Waals surface area contributed by atoms with Crippen LogP contribution in [-0.2, 0) is 13.5 Å². The van der Waals surface area contributed by atoms with E-state index in [-0.39, 0.29) is 0 Å². The van der Waals surface area contributed by atoms with E-state index in [0.717, 1.165) is 11.0 Å². The zero-order chi connectivity index (χ0) is 8.72. The summed E-state index contributed by atoms with van der Waals surface area (Å²) in [5.41, 5.74) is 2.59. The molecular formula is C8H12BrN3. The first-order valence-electron chi connectivity index (χ1n) is 4.12. The van der Waals surface area contributed by atoms with E-state index in [4.69, 9.17) is 0 Å². The molecule has 0 radical (unpaired) electrons. The normalized spacial score (nSPS) is 21.4. The predicted molar refractivity (Wildman–Crippen MR) is 51.0 cm³/mol. The first kappa shape index (κ1) is 8.26. The summed E-state index contributed by atoms with van der Waals surface area (Å²) in [7, 11) is 3.97. The van der Waals surface area contributed by atoms with E-state index in [1.54, 1.807) is 0 Å². The van der Waals surface area contributed by atoms with Crippen molar-refractivity contribution >= 4 is 15.9 Å². The van der Waals surface area contributed by atoms with Crippen molar-refractivity contribution in [1.82, 2.24) is 15.1 Å². The third kappa shape index (κ3) is 1.02. The van der Waals surface area contributed by atoms with Gasteiger partial charge in [0.1, 0.15) is 4.60 Å². The van der Waals surface area contributed by atoms with Gasteiger partial charge in [-0.05, 0) is 35.8 Å². The van der Waals surface area contributed by atoms with Crippen molar-refractivity contribution in [2.45, 2.75) is 18.9 Å². The molecule has 2 rings (SSSR count). The van der Waals surface area contributed by atoms with Crippen LogP contribution in [0.2, 0.25) is 0 Å². The van der Waals surface area contributed by atoms with E-state index in [2.05, 4.69) is 26.3 Å². The van der Waals surface area contributed by atoms with Gasteiger partial charge in [-0.25, -0.2) is 0 Å². The van der Waals surface area contributed by atoms with Gasteiger partial charge in [-0.2, -0.15) is 5.10 Å². The Morgan fingerprint density at radius 2 is 2.42 bits per heavy atom. The highest BCUT2D eigenvalue weighted by atomic mass is 79.9. The molecule has 1 aliphatic rings. The molecular weight excluding hydrogens is 218 g/mol. The lowest BCUT2D eigenvalue weighted by Crippen LogP contribution is -2.13. The van der Waals surface area contributed by atoms with Crippen molar-refractivity contribution in [3.05, 3.63) is 15.9 Å². The highest BCUT2D eigenvalue weighted by molar-refractivity contribution is 9.10. The van der Waals surface area contributed by atoms with Crippen LogP contribution in [-0.4, -0.2) is 16.8 Å². The highest BCUT2D eigenvalue weighted by Crippen LogP contribution is 2.35. The number of halogens is 1. The number of hydrogen-bond donors (Lipinski definition) is 1. The molecule has 0 amide bonds. The second-order valence-electron chi connectivity index (χ2n) is 3.15. The van der Waals surface area contributed by atoms with Gasteiger partial charge in [-0.15, -0.1) is 0 Å². The molecule has 1 unspecified atom stereocenters. The van der Waals surface area contributed by atoms with Crippen LogP contribution in [0.25, 0.3) is 0 Å². The maximum Gasteiger partial charge on any atom is 0.108 e. The molecule has 1 aliphatic carbocycles. The Labute approximate surface area is 80.3 Å². The lowest BCUT2D eigenvalue weighted by molar-refractivity contribution is 0.575. The van der Waals surface area contributed by atoms with Gasteiger partial charge < -0.3 is 5.32 Å². The lowest BCUT2D eigenvalue weighted by atomic mass is 10.2. The summed E-state index contributed by atoms with van der Waals surface area (Å²) in [6, 6.07) is 0.489. The van der Waals surface area contributed by atoms with Crippen molar-refractivity contribution in [2.24, 2.45) is 7.05 Å². The van der Waals surface area contributed by atoms with Gasteiger partial charge in [0.15, 0.2) is 0 Å². The zero-order valence-electron chi connectivity index (χ0n) is 7.26. The van der Waals surface area contributed by atoms with Crippen LogP contribution in [0.15, 0.2) is 4.60 Å². The molecule has 0 aromatic carbocycles. The van der Waals surface area contributed by atoms with Gasteiger partial charge >= 0.3 is 0 Å². The smallest absolute Gasteiger partial charge is 0.108 e. The first-order chi connectivity index (χ1) is 5.74. The average Bonchev–Trinajstić information content (AvgIpc) is 2.55. The van der Waals surface area contributed by atoms with Crippen molar-refractivity contribution < 1.29 is 0 Å². The van der Waals surface area contributed by atoms with E-state index >= 15 is 0 Å². The summed E-state index contributed by atoms with van der Waals surface area (Å²) < 4.78 is 3.02. The molecule has 0 spiro atoms. The SMILES string of the molecule is CNC1CCc2nn(C)c(Br)c21. The van der Waals surface area contributed by atoms with E-state index in [0.29, 0.717) is 6.04 Å². The molecule has 12 heavy (non-hydrogen) atoms. The monoisotopic (exact) mass is 229 g/mol. The van der Waals surface area contributed by atoms with Crippen LogP contribution in [0.1, 0.15) is 23.7 Å². The molecule has 0 aliphatic heterocycles. The summed E-state index contributed by atoms with van der Waals surface area (Å²) in [6.07, 6.45) is 2.27. The molecule has 3 nitrogen and oxygen atoms in total. The number of nitrogens with one attached hydrogen (secondary N) is 1. The Morgan fingerprint density at radius 3 is 3.08 bits per heavy atom. The summed E-state index contributed by atoms with van der Waals surface area (Å²) in [5, 5.41) is 7.71. The van der Waals surface area contributed by atoms with Crippen molar-refractivity contribution in [3.8, 4) is 0 Å². The fourth-order valence-corrected chi connectivity index (χ4v) is 2.40. The minimum Gasteiger partial charge on any atom is -0.313 e. The molecule has 1 aromatic heterocycles. The number of rotatable bonds is 1. The first-order valence-corrected chi connectivity index (χ1v) is 4.92. The Balaban J connectivity index is 2.48. The fraction of sp³-hybridized carbons (Fsp3) is 0.625. The number of fused-ring (bicyclic) bond motifs is 1. The molecule has 1 N–H and O–H groups in total. The van der Waals surface area contributed by atoms with Gasteiger partial charge in [0.05, 0.1) is 5.69 Å². The van der Waals surface area contributed by atoms with E-state index in [1.165, 1.54) is 17.7 Å². The molecule has 0 saturated heterocycles. The number of hydrogen-bond acceptors (Lipinski definition) is 2. The van der Waals surface area contributed by atoms with Crippen LogP contribution in [0.3, 0.4) is 0 Å². The van der Waals surface area contributed by atoms with Crippen molar-refractivity contribution in [3.63, 3.8) is 0 Å². The van der Waals surface area contributed by atoms with Crippen LogP contribution in [0.4, 0.5) is 0 Å². The van der Waals surface area contributed by atoms with Crippen molar-refractivity contribution in [1.29, 1.82) is 0 Å². The molecule has 66 valence electrons. The minimum absolute atomic E-state index is 0.489. The van der Waals surface area contributed by atoms with E-state index in [1.807, 2.05) is 18.8 Å². The molecule has 1 aromatic rings. The summed E-state index contributed by atoms with van der Waals surface area (Å²) in [5.74, 6) is 0. The summed E-state index contributed by atoms with van der Waals surface area (Å²) >= 11 is 3.54. The Hall–Kier alpha value is -0.350. The molecule has 0 saturated carbocycles. The van der Waals surface area contributed by atoms with E-state index < -0.39 is 0 Å².